The fourth-order valence-electron chi connectivity index (χ4n) is 2.83. The fraction of sp³-hybridized carbons (Fsp3) is 0.467. The van der Waals surface area contributed by atoms with Gasteiger partial charge in [0.25, 0.3) is 0 Å². The average molecular weight is 277 g/mol. The van der Waals surface area contributed by atoms with Gasteiger partial charge in [-0.2, -0.15) is 12.6 Å². The van der Waals surface area contributed by atoms with E-state index in [0.717, 1.165) is 5.75 Å². The van der Waals surface area contributed by atoms with E-state index in [4.69, 9.17) is 0 Å². The Labute approximate surface area is 118 Å². The van der Waals surface area contributed by atoms with Gasteiger partial charge in [-0.25, -0.2) is 0 Å². The van der Waals surface area contributed by atoms with E-state index < -0.39 is 0 Å². The Morgan fingerprint density at radius 1 is 1.22 bits per heavy atom. The minimum absolute atomic E-state index is 0.477. The van der Waals surface area contributed by atoms with Crippen molar-refractivity contribution in [2.45, 2.75) is 30.7 Å². The van der Waals surface area contributed by atoms with Gasteiger partial charge < -0.3 is 4.98 Å². The number of H-pyrrole nitrogens is 1. The third kappa shape index (κ3) is 2.43. The number of nitrogens with one attached hydrogen (secondary N) is 1. The summed E-state index contributed by atoms with van der Waals surface area (Å²) < 4.78 is 0. The van der Waals surface area contributed by atoms with Crippen LogP contribution in [0.1, 0.15) is 25.7 Å². The standard InChI is InChI=1S/C15H19NS2/c17-10-15(7-3-4-8-15)11-18-14-9-12-5-1-2-6-13(12)16-14/h1-2,5-6,9,16-17H,3-4,7-8,10-11H2. The van der Waals surface area contributed by atoms with Crippen LogP contribution >= 0.6 is 24.4 Å². The van der Waals surface area contributed by atoms with Crippen molar-refractivity contribution in [2.75, 3.05) is 11.5 Å². The highest BCUT2D eigenvalue weighted by Gasteiger charge is 2.32. The number of benzene rings is 1. The van der Waals surface area contributed by atoms with E-state index in [0.29, 0.717) is 5.41 Å². The summed E-state index contributed by atoms with van der Waals surface area (Å²) in [6.07, 6.45) is 5.47. The number of thiol groups is 1. The molecule has 1 aliphatic carbocycles. The Kier molecular flexibility index (Phi) is 3.62. The molecule has 0 radical (unpaired) electrons. The molecule has 96 valence electrons. The predicted molar refractivity (Wildman–Crippen MR) is 83.8 cm³/mol. The van der Waals surface area contributed by atoms with Crippen LogP contribution in [-0.2, 0) is 0 Å². The fourth-order valence-corrected chi connectivity index (χ4v) is 4.65. The maximum Gasteiger partial charge on any atom is 0.0732 e. The maximum atomic E-state index is 4.57. The van der Waals surface area contributed by atoms with E-state index in [9.17, 15) is 0 Å². The summed E-state index contributed by atoms with van der Waals surface area (Å²) in [6, 6.07) is 10.8. The van der Waals surface area contributed by atoms with Gasteiger partial charge in [-0.15, -0.1) is 11.8 Å². The molecule has 1 N–H and O–H groups in total. The summed E-state index contributed by atoms with van der Waals surface area (Å²) in [6.45, 7) is 0. The summed E-state index contributed by atoms with van der Waals surface area (Å²) in [4.78, 5) is 3.50. The van der Waals surface area contributed by atoms with Crippen molar-refractivity contribution in [3.63, 3.8) is 0 Å². The van der Waals surface area contributed by atoms with Crippen molar-refractivity contribution in [3.8, 4) is 0 Å². The number of thioether (sulfide) groups is 1. The van der Waals surface area contributed by atoms with Crippen LogP contribution < -0.4 is 0 Å². The number of aromatic amines is 1. The SMILES string of the molecule is SCC1(CSc2cc3ccccc3[nH]2)CCCC1. The lowest BCUT2D eigenvalue weighted by Gasteiger charge is -2.25. The molecule has 2 aromatic rings. The van der Waals surface area contributed by atoms with E-state index in [1.165, 1.54) is 47.4 Å². The quantitative estimate of drug-likeness (QED) is 0.608. The molecule has 1 fully saturated rings. The molecule has 0 aliphatic heterocycles. The molecular formula is C15H19NS2. The van der Waals surface area contributed by atoms with E-state index in [1.807, 2.05) is 11.8 Å². The van der Waals surface area contributed by atoms with Crippen molar-refractivity contribution in [1.29, 1.82) is 0 Å². The Hall–Kier alpha value is -0.540. The summed E-state index contributed by atoms with van der Waals surface area (Å²) in [5.41, 5.74) is 1.72. The van der Waals surface area contributed by atoms with Gasteiger partial charge in [0, 0.05) is 16.7 Å². The number of hydrogen-bond donors (Lipinski definition) is 2. The molecule has 0 unspecified atom stereocenters. The first-order valence-electron chi connectivity index (χ1n) is 6.63. The highest BCUT2D eigenvalue weighted by molar-refractivity contribution is 7.99. The Morgan fingerprint density at radius 2 is 2.00 bits per heavy atom. The van der Waals surface area contributed by atoms with Gasteiger partial charge in [0.2, 0.25) is 0 Å². The largest absolute Gasteiger partial charge is 0.350 e. The van der Waals surface area contributed by atoms with Crippen LogP contribution in [0.3, 0.4) is 0 Å². The molecule has 0 spiro atoms. The molecule has 3 rings (SSSR count). The third-order valence-electron chi connectivity index (χ3n) is 4.04. The van der Waals surface area contributed by atoms with Crippen LogP contribution in [0.5, 0.6) is 0 Å². The van der Waals surface area contributed by atoms with Gasteiger partial charge in [-0.05, 0) is 36.1 Å². The van der Waals surface area contributed by atoms with Crippen molar-refractivity contribution in [3.05, 3.63) is 30.3 Å². The van der Waals surface area contributed by atoms with Gasteiger partial charge >= 0.3 is 0 Å². The van der Waals surface area contributed by atoms with Gasteiger partial charge in [0.05, 0.1) is 5.03 Å². The molecular weight excluding hydrogens is 258 g/mol. The molecule has 1 nitrogen and oxygen atoms in total. The molecule has 18 heavy (non-hydrogen) atoms. The molecule has 1 aromatic heterocycles. The average Bonchev–Trinajstić information content (AvgIpc) is 3.03. The van der Waals surface area contributed by atoms with E-state index in [1.54, 1.807) is 0 Å². The molecule has 0 bridgehead atoms. The van der Waals surface area contributed by atoms with Crippen molar-refractivity contribution in [1.82, 2.24) is 4.98 Å². The highest BCUT2D eigenvalue weighted by atomic mass is 32.2. The van der Waals surface area contributed by atoms with Crippen molar-refractivity contribution in [2.24, 2.45) is 5.41 Å². The second-order valence-corrected chi connectivity index (χ2v) is 6.71. The lowest BCUT2D eigenvalue weighted by atomic mass is 9.91. The number of aromatic nitrogens is 1. The van der Waals surface area contributed by atoms with Crippen LogP contribution in [0.25, 0.3) is 10.9 Å². The molecule has 0 atom stereocenters. The number of rotatable bonds is 4. The molecule has 1 heterocycles. The molecule has 0 saturated heterocycles. The first-order valence-corrected chi connectivity index (χ1v) is 8.25. The Balaban J connectivity index is 1.72. The van der Waals surface area contributed by atoms with Crippen molar-refractivity contribution >= 4 is 35.3 Å². The zero-order valence-corrected chi connectivity index (χ0v) is 12.2. The van der Waals surface area contributed by atoms with Crippen LogP contribution in [0, 0.1) is 5.41 Å². The summed E-state index contributed by atoms with van der Waals surface area (Å²) in [5.74, 6) is 2.23. The zero-order chi connectivity index (χ0) is 12.4. The van der Waals surface area contributed by atoms with Gasteiger partial charge in [-0.3, -0.25) is 0 Å². The molecule has 0 amide bonds. The summed E-state index contributed by atoms with van der Waals surface area (Å²) in [7, 11) is 0. The number of para-hydroxylation sites is 1. The smallest absolute Gasteiger partial charge is 0.0732 e. The Morgan fingerprint density at radius 3 is 2.72 bits per heavy atom. The molecule has 1 aliphatic rings. The minimum atomic E-state index is 0.477. The van der Waals surface area contributed by atoms with E-state index in [-0.39, 0.29) is 0 Å². The van der Waals surface area contributed by atoms with E-state index >= 15 is 0 Å². The van der Waals surface area contributed by atoms with Crippen LogP contribution in [0.4, 0.5) is 0 Å². The third-order valence-corrected chi connectivity index (χ3v) is 6.00. The van der Waals surface area contributed by atoms with Crippen LogP contribution in [0.15, 0.2) is 35.4 Å². The van der Waals surface area contributed by atoms with Crippen LogP contribution in [-0.4, -0.2) is 16.5 Å². The normalized spacial score (nSPS) is 18.5. The highest BCUT2D eigenvalue weighted by Crippen LogP contribution is 2.43. The summed E-state index contributed by atoms with van der Waals surface area (Å²) in [5, 5.41) is 2.61. The maximum absolute atomic E-state index is 4.57. The van der Waals surface area contributed by atoms with Crippen LogP contribution in [0.2, 0.25) is 0 Å². The molecule has 1 aromatic carbocycles. The second kappa shape index (κ2) is 5.22. The van der Waals surface area contributed by atoms with Gasteiger partial charge in [-0.1, -0.05) is 31.0 Å². The zero-order valence-electron chi connectivity index (χ0n) is 10.5. The minimum Gasteiger partial charge on any atom is -0.350 e. The van der Waals surface area contributed by atoms with E-state index in [2.05, 4.69) is 47.9 Å². The lowest BCUT2D eigenvalue weighted by molar-refractivity contribution is 0.403. The first-order chi connectivity index (χ1) is 8.81. The Bertz CT molecular complexity index is 493. The second-order valence-electron chi connectivity index (χ2n) is 5.37. The van der Waals surface area contributed by atoms with Gasteiger partial charge in [0.1, 0.15) is 0 Å². The summed E-state index contributed by atoms with van der Waals surface area (Å²) >= 11 is 6.54. The first kappa shape index (κ1) is 12.5. The number of fused-ring (bicyclic) bond motifs is 1. The predicted octanol–water partition coefficient (Wildman–Crippen LogP) is 4.75. The van der Waals surface area contributed by atoms with Crippen molar-refractivity contribution < 1.29 is 0 Å². The van der Waals surface area contributed by atoms with Gasteiger partial charge in [0.15, 0.2) is 0 Å². The lowest BCUT2D eigenvalue weighted by Crippen LogP contribution is -2.21. The molecule has 1 saturated carbocycles. The topological polar surface area (TPSA) is 15.8 Å². The molecule has 3 heteroatoms. The monoisotopic (exact) mass is 277 g/mol. The number of hydrogen-bond acceptors (Lipinski definition) is 2.